The van der Waals surface area contributed by atoms with Crippen LogP contribution in [0.5, 0.6) is 0 Å². The number of hydrogen-bond donors (Lipinski definition) is 0. The van der Waals surface area contributed by atoms with Gasteiger partial charge in [0.1, 0.15) is 0 Å². The van der Waals surface area contributed by atoms with E-state index in [1.807, 2.05) is 0 Å². The Labute approximate surface area is 79.6 Å². The van der Waals surface area contributed by atoms with Gasteiger partial charge in [0.15, 0.2) is 5.34 Å². The molecule has 0 aliphatic heterocycles. The van der Waals surface area contributed by atoms with Crippen LogP contribution in [0.15, 0.2) is 0 Å². The molecule has 66 valence electrons. The van der Waals surface area contributed by atoms with Gasteiger partial charge in [-0.25, -0.2) is 0 Å². The van der Waals surface area contributed by atoms with Crippen molar-refractivity contribution < 1.29 is 15.0 Å². The van der Waals surface area contributed by atoms with Crippen molar-refractivity contribution in [2.45, 2.75) is 20.8 Å². The molecule has 0 bridgehead atoms. The molecule has 0 aliphatic carbocycles. The van der Waals surface area contributed by atoms with Gasteiger partial charge in [-0.3, -0.25) is 0 Å². The fourth-order valence-corrected chi connectivity index (χ4v) is 1.97. The summed E-state index contributed by atoms with van der Waals surface area (Å²) in [5, 5.41) is 0.611. The molecule has 0 saturated carbocycles. The summed E-state index contributed by atoms with van der Waals surface area (Å²) >= 11 is 5.58. The lowest BCUT2D eigenvalue weighted by Gasteiger charge is -2.41. The molecule has 0 spiro atoms. The number of quaternary nitrogens is 1. The van der Waals surface area contributed by atoms with Crippen molar-refractivity contribution >= 4 is 18.4 Å². The summed E-state index contributed by atoms with van der Waals surface area (Å²) in [5.74, 6) is 0. The smallest absolute Gasteiger partial charge is 0.424 e. The van der Waals surface area contributed by atoms with Crippen molar-refractivity contribution in [3.8, 4) is 0 Å². The number of nitrogens with zero attached hydrogens (tertiary/aromatic N) is 1. The van der Waals surface area contributed by atoms with Gasteiger partial charge >= 0.3 is 6.83 Å². The second-order valence-corrected chi connectivity index (χ2v) is 3.83. The first-order valence-corrected chi connectivity index (χ1v) is 5.59. The molecule has 0 rings (SSSR count). The SMILES string of the molecule is CC[N+]([B-][Cl+]CCl)(CC)CC. The van der Waals surface area contributed by atoms with Crippen molar-refractivity contribution in [2.75, 3.05) is 25.0 Å². The van der Waals surface area contributed by atoms with E-state index in [2.05, 4.69) is 38.3 Å². The first-order valence-electron chi connectivity index (χ1n) is 4.08. The van der Waals surface area contributed by atoms with Crippen LogP contribution in [0.25, 0.3) is 0 Å². The molecule has 0 amide bonds. The molecule has 0 unspecified atom stereocenters. The Kier molecular flexibility index (Phi) is 6.50. The first-order chi connectivity index (χ1) is 5.24. The predicted octanol–water partition coefficient (Wildman–Crippen LogP) is 1.68. The van der Waals surface area contributed by atoms with E-state index in [4.69, 9.17) is 11.6 Å². The summed E-state index contributed by atoms with van der Waals surface area (Å²) in [6.45, 7) is 12.3. The minimum Gasteiger partial charge on any atom is -0.503 e. The third-order valence-corrected chi connectivity index (χ3v) is 3.24. The van der Waals surface area contributed by atoms with Crippen molar-refractivity contribution in [2.24, 2.45) is 0 Å². The Morgan fingerprint density at radius 2 is 1.64 bits per heavy atom. The highest BCUT2D eigenvalue weighted by atomic mass is 35.6. The maximum Gasteiger partial charge on any atom is 0.424 e. The van der Waals surface area contributed by atoms with Crippen LogP contribution in [0.3, 0.4) is 0 Å². The van der Waals surface area contributed by atoms with Gasteiger partial charge in [-0.1, -0.05) is 22.3 Å². The van der Waals surface area contributed by atoms with Crippen molar-refractivity contribution in [3.63, 3.8) is 0 Å². The quantitative estimate of drug-likeness (QED) is 0.448. The second-order valence-electron chi connectivity index (χ2n) is 2.52. The zero-order valence-corrected chi connectivity index (χ0v) is 9.12. The zero-order valence-electron chi connectivity index (χ0n) is 7.61. The molecular formula is C7H17BCl2N+. The Balaban J connectivity index is 3.84. The third-order valence-electron chi connectivity index (χ3n) is 2.22. The van der Waals surface area contributed by atoms with Crippen LogP contribution < -0.4 is 0 Å². The molecule has 0 atom stereocenters. The standard InChI is InChI=1S/C7H17BCl2N/c1-4-11(5-2,6-3)8-10-7-9/h4-7H2,1-3H3/q+1. The Bertz CT molecular complexity index is 88.2. The third kappa shape index (κ3) is 3.68. The molecule has 0 aromatic rings. The van der Waals surface area contributed by atoms with E-state index < -0.39 is 0 Å². The van der Waals surface area contributed by atoms with Gasteiger partial charge in [0, 0.05) is 19.6 Å². The molecule has 0 saturated heterocycles. The Morgan fingerprint density at radius 3 is 1.91 bits per heavy atom. The zero-order chi connectivity index (χ0) is 8.74. The lowest BCUT2D eigenvalue weighted by molar-refractivity contribution is -0.852. The highest BCUT2D eigenvalue weighted by Crippen LogP contribution is 2.03. The fourth-order valence-electron chi connectivity index (χ4n) is 1.05. The number of alkyl halides is 2. The number of rotatable bonds is 6. The van der Waals surface area contributed by atoms with Crippen LogP contribution in [-0.2, 0) is 0 Å². The van der Waals surface area contributed by atoms with Gasteiger partial charge in [0.25, 0.3) is 0 Å². The molecule has 1 nitrogen and oxygen atoms in total. The Morgan fingerprint density at radius 1 is 1.18 bits per heavy atom. The highest BCUT2D eigenvalue weighted by Gasteiger charge is 2.18. The van der Waals surface area contributed by atoms with Gasteiger partial charge < -0.3 is 4.39 Å². The molecule has 11 heavy (non-hydrogen) atoms. The maximum absolute atomic E-state index is 5.58. The summed E-state index contributed by atoms with van der Waals surface area (Å²) in [7, 11) is 2.15. The average Bonchev–Trinajstić information content (AvgIpc) is 2.08. The van der Waals surface area contributed by atoms with Crippen molar-refractivity contribution in [1.29, 1.82) is 0 Å². The van der Waals surface area contributed by atoms with Crippen molar-refractivity contribution in [1.82, 2.24) is 0 Å². The lowest BCUT2D eigenvalue weighted by atomic mass is 10.1. The molecule has 0 aromatic heterocycles. The topological polar surface area (TPSA) is 0 Å². The van der Waals surface area contributed by atoms with Crippen LogP contribution in [0, 0.1) is 10.7 Å². The molecule has 0 fully saturated rings. The van der Waals surface area contributed by atoms with E-state index in [0.717, 1.165) is 24.0 Å². The van der Waals surface area contributed by atoms with E-state index >= 15 is 0 Å². The molecular weight excluding hydrogens is 180 g/mol. The summed E-state index contributed by atoms with van der Waals surface area (Å²) in [6.07, 6.45) is 0. The molecule has 0 aliphatic rings. The predicted molar refractivity (Wildman–Crippen MR) is 48.4 cm³/mol. The van der Waals surface area contributed by atoms with E-state index in [9.17, 15) is 0 Å². The highest BCUT2D eigenvalue weighted by molar-refractivity contribution is 6.20. The first kappa shape index (κ1) is 11.6. The molecule has 0 aromatic carbocycles. The minimum atomic E-state index is 0.611. The molecule has 0 heterocycles. The van der Waals surface area contributed by atoms with Crippen LogP contribution >= 0.6 is 11.6 Å². The van der Waals surface area contributed by atoms with Gasteiger partial charge in [-0.2, -0.15) is 0 Å². The van der Waals surface area contributed by atoms with E-state index in [-0.39, 0.29) is 0 Å². The van der Waals surface area contributed by atoms with Gasteiger partial charge in [-0.05, 0) is 20.8 Å². The van der Waals surface area contributed by atoms with Gasteiger partial charge in [-0.15, -0.1) is 0 Å². The second kappa shape index (κ2) is 6.16. The van der Waals surface area contributed by atoms with Gasteiger partial charge in [0.05, 0.1) is 0 Å². The normalized spacial score (nSPS) is 12.0. The largest absolute Gasteiger partial charge is 0.503 e. The molecule has 2 radical (unpaired) electrons. The summed E-state index contributed by atoms with van der Waals surface area (Å²) in [4.78, 5) is 0. The van der Waals surface area contributed by atoms with Crippen LogP contribution in [0.1, 0.15) is 20.8 Å². The molecule has 0 N–H and O–H groups in total. The number of halogens is 2. The average molecular weight is 197 g/mol. The van der Waals surface area contributed by atoms with E-state index in [1.54, 1.807) is 0 Å². The van der Waals surface area contributed by atoms with E-state index in [1.165, 1.54) is 0 Å². The van der Waals surface area contributed by atoms with Crippen LogP contribution in [0.4, 0.5) is 0 Å². The van der Waals surface area contributed by atoms with E-state index in [0.29, 0.717) is 5.34 Å². The summed E-state index contributed by atoms with van der Waals surface area (Å²) < 4.78 is 1.04. The van der Waals surface area contributed by atoms with Crippen molar-refractivity contribution in [3.05, 3.63) is 0 Å². The summed E-state index contributed by atoms with van der Waals surface area (Å²) in [5.41, 5.74) is 0. The van der Waals surface area contributed by atoms with Gasteiger partial charge in [0.2, 0.25) is 0 Å². The molecule has 4 heteroatoms. The van der Waals surface area contributed by atoms with Crippen LogP contribution in [-0.4, -0.2) is 36.2 Å². The monoisotopic (exact) mass is 196 g/mol. The maximum atomic E-state index is 5.58. The lowest BCUT2D eigenvalue weighted by Crippen LogP contribution is -2.51. The summed E-state index contributed by atoms with van der Waals surface area (Å²) in [6, 6.07) is 0. The van der Waals surface area contributed by atoms with Crippen LogP contribution in [0.2, 0.25) is 0 Å². The Hall–Kier alpha value is 0.605. The minimum absolute atomic E-state index is 0.611. The fraction of sp³-hybridized carbons (Fsp3) is 1.00. The number of hydrogen-bond acceptors (Lipinski definition) is 0.